The van der Waals surface area contributed by atoms with Crippen molar-refractivity contribution in [1.82, 2.24) is 9.88 Å². The second-order valence-electron chi connectivity index (χ2n) is 9.20. The minimum absolute atomic E-state index is 0.145. The summed E-state index contributed by atoms with van der Waals surface area (Å²) in [6.07, 6.45) is 1.73. The zero-order valence-corrected chi connectivity index (χ0v) is 23.9. The molecular weight excluding hydrogens is 545 g/mol. The summed E-state index contributed by atoms with van der Waals surface area (Å²) in [6.45, 7) is 2.60. The number of aromatic nitrogens is 1. The van der Waals surface area contributed by atoms with Gasteiger partial charge in [0.05, 0.1) is 18.1 Å². The zero-order chi connectivity index (χ0) is 26.8. The smallest absolute Gasteiger partial charge is 0.266 e. The molecule has 0 unspecified atom stereocenters. The van der Waals surface area contributed by atoms with Crippen LogP contribution in [0.5, 0.6) is 0 Å². The summed E-state index contributed by atoms with van der Waals surface area (Å²) in [7, 11) is -0.828. The van der Waals surface area contributed by atoms with Gasteiger partial charge in [0.1, 0.15) is 20.2 Å². The van der Waals surface area contributed by atoms with E-state index in [1.165, 1.54) is 32.6 Å². The molecule has 2 aliphatic heterocycles. The predicted molar refractivity (Wildman–Crippen MR) is 165 cm³/mol. The third-order valence-electron chi connectivity index (χ3n) is 6.90. The highest BCUT2D eigenvalue weighted by Gasteiger charge is 2.53. The van der Waals surface area contributed by atoms with Crippen LogP contribution in [0, 0.1) is 0 Å². The van der Waals surface area contributed by atoms with Crippen molar-refractivity contribution >= 4 is 74.8 Å². The van der Waals surface area contributed by atoms with E-state index in [0.717, 1.165) is 11.3 Å². The van der Waals surface area contributed by atoms with Crippen molar-refractivity contribution in [3.8, 4) is 0 Å². The van der Waals surface area contributed by atoms with Crippen LogP contribution in [0.4, 0.5) is 5.88 Å². The monoisotopic (exact) mass is 572 g/mol. The minimum atomic E-state index is -2.52. The molecule has 0 aliphatic carbocycles. The van der Waals surface area contributed by atoms with Crippen molar-refractivity contribution in [3.05, 3.63) is 102 Å². The van der Waals surface area contributed by atoms with Crippen LogP contribution in [0.25, 0.3) is 6.08 Å². The molecule has 2 aliphatic rings. The molecular formula is C30H27N3O3PS2+. The molecule has 9 heteroatoms. The number of anilines is 1. The third kappa shape index (κ3) is 4.72. The summed E-state index contributed by atoms with van der Waals surface area (Å²) in [4.78, 5) is 22.3. The number of oxazole rings is 1. The van der Waals surface area contributed by atoms with Gasteiger partial charge in [-0.05, 0) is 36.4 Å². The Morgan fingerprint density at radius 1 is 0.872 bits per heavy atom. The molecule has 196 valence electrons. The van der Waals surface area contributed by atoms with Crippen LogP contribution in [-0.2, 0) is 9.53 Å². The van der Waals surface area contributed by atoms with Gasteiger partial charge in [-0.15, -0.1) is 0 Å². The van der Waals surface area contributed by atoms with Crippen LogP contribution in [0.15, 0.2) is 100 Å². The number of hydrogen-bond donors (Lipinski definition) is 0. The van der Waals surface area contributed by atoms with Gasteiger partial charge in [0, 0.05) is 26.2 Å². The van der Waals surface area contributed by atoms with Crippen molar-refractivity contribution in [3.63, 3.8) is 0 Å². The van der Waals surface area contributed by atoms with E-state index in [1.807, 2.05) is 18.2 Å². The van der Waals surface area contributed by atoms with Gasteiger partial charge in [-0.25, -0.2) is 0 Å². The summed E-state index contributed by atoms with van der Waals surface area (Å²) >= 11 is 6.62. The summed E-state index contributed by atoms with van der Waals surface area (Å²) in [5, 5.41) is 3.53. The molecule has 0 radical (unpaired) electrons. The first kappa shape index (κ1) is 26.0. The second-order valence-corrected chi connectivity index (χ2v) is 14.2. The first-order valence-corrected chi connectivity index (χ1v) is 15.7. The van der Waals surface area contributed by atoms with Gasteiger partial charge >= 0.3 is 0 Å². The van der Waals surface area contributed by atoms with E-state index in [4.69, 9.17) is 26.4 Å². The number of likely N-dealkylation sites (N-methyl/N-ethyl adjacent to an activating group) is 1. The summed E-state index contributed by atoms with van der Waals surface area (Å²) in [6, 6.07) is 31.7. The van der Waals surface area contributed by atoms with E-state index < -0.39 is 7.26 Å². The Hall–Kier alpha value is -3.29. The maximum absolute atomic E-state index is 12.8. The number of ether oxygens (including phenoxy) is 1. The Balaban J connectivity index is 1.66. The molecule has 0 bridgehead atoms. The Bertz CT molecular complexity index is 1420. The molecule has 1 aromatic heterocycles. The van der Waals surface area contributed by atoms with E-state index in [-0.39, 0.29) is 5.91 Å². The fourth-order valence-electron chi connectivity index (χ4n) is 5.00. The number of amides is 1. The van der Waals surface area contributed by atoms with Gasteiger partial charge in [0.15, 0.2) is 7.26 Å². The number of rotatable bonds is 6. The molecule has 39 heavy (non-hydrogen) atoms. The number of benzene rings is 3. The minimum Gasteiger partial charge on any atom is -0.417 e. The third-order valence-corrected chi connectivity index (χ3v) is 12.5. The number of thioether (sulfide) groups is 1. The number of carbonyl (C=O) groups is 1. The fourth-order valence-corrected chi connectivity index (χ4v) is 10.4. The average molecular weight is 573 g/mol. The van der Waals surface area contributed by atoms with Crippen molar-refractivity contribution in [2.24, 2.45) is 0 Å². The van der Waals surface area contributed by atoms with Gasteiger partial charge in [0.2, 0.25) is 5.89 Å². The van der Waals surface area contributed by atoms with Gasteiger partial charge in [-0.1, -0.05) is 78.6 Å². The molecule has 6 rings (SSSR count). The molecule has 4 aromatic rings. The predicted octanol–water partition coefficient (Wildman–Crippen LogP) is 3.96. The Morgan fingerprint density at radius 3 is 1.85 bits per heavy atom. The number of nitrogens with zero attached hydrogens (tertiary/aromatic N) is 3. The van der Waals surface area contributed by atoms with E-state index in [9.17, 15) is 4.79 Å². The Morgan fingerprint density at radius 2 is 1.38 bits per heavy atom. The molecule has 2 saturated heterocycles. The van der Waals surface area contributed by atoms with Gasteiger partial charge in [0.25, 0.3) is 17.2 Å². The van der Waals surface area contributed by atoms with Crippen LogP contribution < -0.4 is 26.2 Å². The molecule has 2 fully saturated rings. The lowest BCUT2D eigenvalue weighted by Gasteiger charge is -2.30. The molecule has 3 heterocycles. The normalized spacial score (nSPS) is 17.3. The van der Waals surface area contributed by atoms with Crippen LogP contribution in [0.3, 0.4) is 0 Å². The van der Waals surface area contributed by atoms with Crippen LogP contribution >= 0.6 is 31.2 Å². The van der Waals surface area contributed by atoms with E-state index in [2.05, 4.69) is 77.7 Å². The highest BCUT2D eigenvalue weighted by Crippen LogP contribution is 2.56. The highest BCUT2D eigenvalue weighted by molar-refractivity contribution is 8.26. The van der Waals surface area contributed by atoms with Crippen molar-refractivity contribution in [2.75, 3.05) is 38.3 Å². The topological polar surface area (TPSA) is 58.8 Å². The number of thiocarbonyl (C=S) groups is 1. The quantitative estimate of drug-likeness (QED) is 0.197. The Kier molecular flexibility index (Phi) is 7.36. The molecule has 3 aromatic carbocycles. The lowest BCUT2D eigenvalue weighted by molar-refractivity contribution is -0.121. The van der Waals surface area contributed by atoms with Crippen LogP contribution in [0.1, 0.15) is 5.89 Å². The van der Waals surface area contributed by atoms with Gasteiger partial charge in [-0.2, -0.15) is 4.98 Å². The molecule has 1 amide bonds. The number of morpholine rings is 1. The van der Waals surface area contributed by atoms with E-state index in [0.29, 0.717) is 41.4 Å². The summed E-state index contributed by atoms with van der Waals surface area (Å²) < 4.78 is 12.8. The van der Waals surface area contributed by atoms with Crippen molar-refractivity contribution in [2.45, 2.75) is 0 Å². The van der Waals surface area contributed by atoms with Crippen molar-refractivity contribution < 1.29 is 13.9 Å². The van der Waals surface area contributed by atoms with E-state index >= 15 is 0 Å². The number of hydrogen-bond acceptors (Lipinski definition) is 7. The summed E-state index contributed by atoms with van der Waals surface area (Å²) in [5.74, 6) is 0.974. The molecule has 6 nitrogen and oxygen atoms in total. The second kappa shape index (κ2) is 11.1. The first-order chi connectivity index (χ1) is 19.1. The highest BCUT2D eigenvalue weighted by atomic mass is 32.2. The molecule has 0 saturated carbocycles. The van der Waals surface area contributed by atoms with Crippen LogP contribution in [0.2, 0.25) is 0 Å². The largest absolute Gasteiger partial charge is 0.417 e. The fraction of sp³-hybridized carbons (Fsp3) is 0.167. The van der Waals surface area contributed by atoms with Gasteiger partial charge in [-0.3, -0.25) is 9.69 Å². The number of carbonyl (C=O) groups excluding carboxylic acids is 1. The average Bonchev–Trinajstić information content (AvgIpc) is 3.52. The zero-order valence-electron chi connectivity index (χ0n) is 21.4. The maximum Gasteiger partial charge on any atom is 0.266 e. The van der Waals surface area contributed by atoms with Gasteiger partial charge < -0.3 is 14.1 Å². The molecule has 0 atom stereocenters. The van der Waals surface area contributed by atoms with E-state index in [1.54, 1.807) is 13.1 Å². The SMILES string of the molecule is CN1C(=O)C(=Cc2nc([P+](c3ccccc3)(c3ccccc3)c3ccccc3)c(N3CCOCC3)o2)SC1=S. The lowest BCUT2D eigenvalue weighted by atomic mass is 10.4. The maximum atomic E-state index is 12.8. The lowest BCUT2D eigenvalue weighted by Crippen LogP contribution is -2.44. The first-order valence-electron chi connectivity index (χ1n) is 12.7. The summed E-state index contributed by atoms with van der Waals surface area (Å²) in [5.41, 5.74) is 0.881. The Labute approximate surface area is 238 Å². The van der Waals surface area contributed by atoms with Crippen molar-refractivity contribution in [1.29, 1.82) is 0 Å². The standard InChI is InChI=1S/C30H27N3O3PS2/c1-32-28(34)25(39-30(32)38)21-26-31-27(29(36-26)33-17-19-35-20-18-33)37(22-11-5-2-6-12-22,23-13-7-3-8-14-23)24-15-9-4-10-16-24/h2-16,21H,17-20H2,1H3/q+1. The molecule has 0 N–H and O–H groups in total. The van der Waals surface area contributed by atoms with Crippen LogP contribution in [-0.4, -0.2) is 53.5 Å². The molecule has 0 spiro atoms.